The summed E-state index contributed by atoms with van der Waals surface area (Å²) in [6.45, 7) is 5.99. The van der Waals surface area contributed by atoms with E-state index < -0.39 is 0 Å². The lowest BCUT2D eigenvalue weighted by molar-refractivity contribution is -0.0833. The molecule has 2 N–H and O–H groups in total. The predicted octanol–water partition coefficient (Wildman–Crippen LogP) is 0.512. The maximum atomic E-state index is 6.10. The summed E-state index contributed by atoms with van der Waals surface area (Å²) in [4.78, 5) is 13.2. The third-order valence-electron chi connectivity index (χ3n) is 3.92. The van der Waals surface area contributed by atoms with Crippen LogP contribution in [0.2, 0.25) is 0 Å². The predicted molar refractivity (Wildman–Crippen MR) is 95.4 cm³/mol. The molecule has 2 saturated heterocycles. The molecular formula is C15H24BrN5O2. The van der Waals surface area contributed by atoms with Crippen LogP contribution in [0.25, 0.3) is 0 Å². The van der Waals surface area contributed by atoms with Crippen LogP contribution < -0.4 is 10.6 Å². The van der Waals surface area contributed by atoms with Gasteiger partial charge in [0.05, 0.1) is 26.4 Å². The van der Waals surface area contributed by atoms with Gasteiger partial charge in [-0.25, -0.2) is 4.98 Å². The normalized spacial score (nSPS) is 22.6. The molecule has 1 atom stereocenters. The molecule has 8 heteroatoms. The zero-order valence-electron chi connectivity index (χ0n) is 13.1. The second-order valence-electron chi connectivity index (χ2n) is 5.43. The van der Waals surface area contributed by atoms with Gasteiger partial charge in [0.2, 0.25) is 0 Å². The maximum Gasteiger partial charge on any atom is 0.191 e. The number of pyridine rings is 1. The first kappa shape index (κ1) is 18.0. The van der Waals surface area contributed by atoms with Crippen LogP contribution in [0.3, 0.4) is 0 Å². The molecule has 2 fully saturated rings. The van der Waals surface area contributed by atoms with Gasteiger partial charge >= 0.3 is 0 Å². The molecule has 0 radical (unpaired) electrons. The van der Waals surface area contributed by atoms with E-state index in [2.05, 4.69) is 19.8 Å². The fraction of sp³-hybridized carbons (Fsp3) is 0.600. The number of nitrogens with two attached hydrogens (primary N) is 1. The van der Waals surface area contributed by atoms with Crippen molar-refractivity contribution in [1.29, 1.82) is 0 Å². The van der Waals surface area contributed by atoms with Crippen molar-refractivity contribution < 1.29 is 9.47 Å². The molecule has 0 bridgehead atoms. The van der Waals surface area contributed by atoms with Crippen LogP contribution in [0.15, 0.2) is 29.4 Å². The van der Waals surface area contributed by atoms with Gasteiger partial charge in [-0.1, -0.05) is 6.07 Å². The van der Waals surface area contributed by atoms with Crippen molar-refractivity contribution in [3.8, 4) is 0 Å². The van der Waals surface area contributed by atoms with Crippen molar-refractivity contribution in [2.24, 2.45) is 10.7 Å². The molecule has 0 spiro atoms. The van der Waals surface area contributed by atoms with E-state index in [1.54, 1.807) is 0 Å². The van der Waals surface area contributed by atoms with Crippen molar-refractivity contribution in [3.05, 3.63) is 24.4 Å². The van der Waals surface area contributed by atoms with E-state index in [9.17, 15) is 0 Å². The Hall–Kier alpha value is -1.38. The lowest BCUT2D eigenvalue weighted by Crippen LogP contribution is -2.51. The van der Waals surface area contributed by atoms with Crippen LogP contribution in [0, 0.1) is 0 Å². The molecular weight excluding hydrogens is 362 g/mol. The molecule has 1 aromatic rings. The molecule has 7 nitrogen and oxygen atoms in total. The highest BCUT2D eigenvalue weighted by atomic mass is 79.9. The number of rotatable bonds is 3. The van der Waals surface area contributed by atoms with Gasteiger partial charge in [0.15, 0.2) is 5.96 Å². The summed E-state index contributed by atoms with van der Waals surface area (Å²) in [5.41, 5.74) is 6.10. The van der Waals surface area contributed by atoms with Gasteiger partial charge in [0.25, 0.3) is 0 Å². The Morgan fingerprint density at radius 1 is 1.26 bits per heavy atom. The fourth-order valence-corrected chi connectivity index (χ4v) is 2.64. The third kappa shape index (κ3) is 5.05. The van der Waals surface area contributed by atoms with Crippen molar-refractivity contribution in [2.45, 2.75) is 6.10 Å². The van der Waals surface area contributed by atoms with E-state index in [0.717, 1.165) is 32.0 Å². The molecule has 0 aliphatic carbocycles. The quantitative estimate of drug-likeness (QED) is 0.603. The minimum atomic E-state index is 0. The van der Waals surface area contributed by atoms with Crippen LogP contribution >= 0.6 is 17.0 Å². The first-order chi connectivity index (χ1) is 10.8. The molecule has 2 aliphatic heterocycles. The third-order valence-corrected chi connectivity index (χ3v) is 3.92. The average molecular weight is 386 g/mol. The summed E-state index contributed by atoms with van der Waals surface area (Å²) in [7, 11) is 0. The SMILES string of the molecule is Br.NC(=NCC1COCCO1)N1CCN(c2ccccn2)CC1. The summed E-state index contributed by atoms with van der Waals surface area (Å²) < 4.78 is 10.9. The van der Waals surface area contributed by atoms with E-state index >= 15 is 0 Å². The molecule has 128 valence electrons. The van der Waals surface area contributed by atoms with Gasteiger partial charge in [0, 0.05) is 32.4 Å². The number of piperazine rings is 1. The number of anilines is 1. The van der Waals surface area contributed by atoms with Gasteiger partial charge in [-0.15, -0.1) is 17.0 Å². The zero-order chi connectivity index (χ0) is 15.2. The van der Waals surface area contributed by atoms with E-state index in [1.807, 2.05) is 24.4 Å². The van der Waals surface area contributed by atoms with Crippen LogP contribution in [-0.2, 0) is 9.47 Å². The molecule has 1 unspecified atom stereocenters. The van der Waals surface area contributed by atoms with E-state index in [1.165, 1.54) is 0 Å². The van der Waals surface area contributed by atoms with Crippen molar-refractivity contribution >= 4 is 28.8 Å². The molecule has 3 heterocycles. The molecule has 0 amide bonds. The minimum Gasteiger partial charge on any atom is -0.376 e. The Bertz CT molecular complexity index is 488. The number of guanidine groups is 1. The molecule has 0 aromatic carbocycles. The monoisotopic (exact) mass is 385 g/mol. The highest BCUT2D eigenvalue weighted by Crippen LogP contribution is 2.12. The Balaban J connectivity index is 0.00000192. The van der Waals surface area contributed by atoms with Crippen LogP contribution in [-0.4, -0.2) is 74.5 Å². The standard InChI is InChI=1S/C15H23N5O2.BrH/c16-15(18-11-13-12-21-9-10-22-13)20-7-5-19(6-8-20)14-3-1-2-4-17-14;/h1-4,13H,5-12H2,(H2,16,18);1H. The first-order valence-corrected chi connectivity index (χ1v) is 7.73. The summed E-state index contributed by atoms with van der Waals surface area (Å²) in [5, 5.41) is 0. The summed E-state index contributed by atoms with van der Waals surface area (Å²) >= 11 is 0. The van der Waals surface area contributed by atoms with Crippen molar-refractivity contribution in [1.82, 2.24) is 9.88 Å². The molecule has 0 saturated carbocycles. The number of halogens is 1. The topological polar surface area (TPSA) is 76.2 Å². The smallest absolute Gasteiger partial charge is 0.191 e. The summed E-state index contributed by atoms with van der Waals surface area (Å²) in [6.07, 6.45) is 1.85. The Morgan fingerprint density at radius 3 is 2.74 bits per heavy atom. The summed E-state index contributed by atoms with van der Waals surface area (Å²) in [5.74, 6) is 1.61. The van der Waals surface area contributed by atoms with Crippen LogP contribution in [0.1, 0.15) is 0 Å². The average Bonchev–Trinajstić information content (AvgIpc) is 2.61. The van der Waals surface area contributed by atoms with Crippen molar-refractivity contribution in [3.63, 3.8) is 0 Å². The molecule has 3 rings (SSSR count). The van der Waals surface area contributed by atoms with Gasteiger partial charge in [-0.05, 0) is 12.1 Å². The van der Waals surface area contributed by atoms with E-state index in [4.69, 9.17) is 15.2 Å². The van der Waals surface area contributed by atoms with Crippen molar-refractivity contribution in [2.75, 3.05) is 57.4 Å². The zero-order valence-corrected chi connectivity index (χ0v) is 14.8. The second kappa shape index (κ2) is 9.05. The molecule has 23 heavy (non-hydrogen) atoms. The highest BCUT2D eigenvalue weighted by molar-refractivity contribution is 8.93. The van der Waals surface area contributed by atoms with Gasteiger partial charge < -0.3 is 25.0 Å². The minimum absolute atomic E-state index is 0. The van der Waals surface area contributed by atoms with E-state index in [-0.39, 0.29) is 23.1 Å². The van der Waals surface area contributed by atoms with Crippen LogP contribution in [0.5, 0.6) is 0 Å². The van der Waals surface area contributed by atoms with E-state index in [0.29, 0.717) is 32.3 Å². The number of aliphatic imine (C=N–C) groups is 1. The fourth-order valence-electron chi connectivity index (χ4n) is 2.64. The number of ether oxygens (including phenoxy) is 2. The molecule has 1 aromatic heterocycles. The first-order valence-electron chi connectivity index (χ1n) is 7.73. The summed E-state index contributed by atoms with van der Waals surface area (Å²) in [6, 6.07) is 5.98. The number of hydrogen-bond donors (Lipinski definition) is 1. The number of hydrogen-bond acceptors (Lipinski definition) is 5. The maximum absolute atomic E-state index is 6.10. The van der Waals surface area contributed by atoms with Gasteiger partial charge in [-0.2, -0.15) is 0 Å². The highest BCUT2D eigenvalue weighted by Gasteiger charge is 2.20. The molecule has 2 aliphatic rings. The lowest BCUT2D eigenvalue weighted by Gasteiger charge is -2.36. The van der Waals surface area contributed by atoms with Crippen LogP contribution in [0.4, 0.5) is 5.82 Å². The lowest BCUT2D eigenvalue weighted by atomic mass is 10.3. The Kier molecular flexibility index (Phi) is 7.07. The number of aromatic nitrogens is 1. The number of nitrogens with zero attached hydrogens (tertiary/aromatic N) is 4. The second-order valence-corrected chi connectivity index (χ2v) is 5.43. The van der Waals surface area contributed by atoms with Gasteiger partial charge in [-0.3, -0.25) is 4.99 Å². The Labute approximate surface area is 147 Å². The van der Waals surface area contributed by atoms with Gasteiger partial charge in [0.1, 0.15) is 11.9 Å². The Morgan fingerprint density at radius 2 is 2.09 bits per heavy atom. The largest absolute Gasteiger partial charge is 0.376 e.